The standard InChI is InChI=1S/C17H17BrN2O2/c1-12(13-5-3-2-4-6-13)20-16(21)11-19-17(22)14-7-9-15(18)10-8-14/h2-10,12H,11H2,1H3,(H,19,22)(H,20,21)/t12-/m1/s1. The molecule has 2 aromatic carbocycles. The largest absolute Gasteiger partial charge is 0.348 e. The van der Waals surface area contributed by atoms with E-state index in [1.54, 1.807) is 24.3 Å². The minimum Gasteiger partial charge on any atom is -0.348 e. The molecular weight excluding hydrogens is 344 g/mol. The lowest BCUT2D eigenvalue weighted by Crippen LogP contribution is -2.38. The van der Waals surface area contributed by atoms with E-state index in [2.05, 4.69) is 26.6 Å². The van der Waals surface area contributed by atoms with Gasteiger partial charge in [0.15, 0.2) is 0 Å². The second-order valence-electron chi connectivity index (χ2n) is 4.89. The van der Waals surface area contributed by atoms with Crippen LogP contribution in [0.5, 0.6) is 0 Å². The van der Waals surface area contributed by atoms with Gasteiger partial charge in [0.25, 0.3) is 5.91 Å². The fourth-order valence-corrected chi connectivity index (χ4v) is 2.25. The minimum absolute atomic E-state index is 0.0495. The minimum atomic E-state index is -0.269. The molecule has 0 bridgehead atoms. The third kappa shape index (κ3) is 4.70. The molecule has 2 N–H and O–H groups in total. The van der Waals surface area contributed by atoms with Crippen LogP contribution >= 0.6 is 15.9 Å². The first-order valence-electron chi connectivity index (χ1n) is 6.94. The monoisotopic (exact) mass is 360 g/mol. The highest BCUT2D eigenvalue weighted by molar-refractivity contribution is 9.10. The Morgan fingerprint density at radius 2 is 1.68 bits per heavy atom. The van der Waals surface area contributed by atoms with Gasteiger partial charge >= 0.3 is 0 Å². The van der Waals surface area contributed by atoms with Crippen molar-refractivity contribution < 1.29 is 9.59 Å². The average molecular weight is 361 g/mol. The summed E-state index contributed by atoms with van der Waals surface area (Å²) in [6.07, 6.45) is 0. The van der Waals surface area contributed by atoms with Crippen LogP contribution in [0.25, 0.3) is 0 Å². The number of nitrogens with one attached hydrogen (secondary N) is 2. The van der Waals surface area contributed by atoms with E-state index in [4.69, 9.17) is 0 Å². The molecule has 0 unspecified atom stereocenters. The van der Waals surface area contributed by atoms with E-state index in [0.717, 1.165) is 10.0 Å². The number of benzene rings is 2. The third-order valence-corrected chi connectivity index (χ3v) is 3.72. The molecule has 2 aromatic rings. The summed E-state index contributed by atoms with van der Waals surface area (Å²) in [7, 11) is 0. The van der Waals surface area contributed by atoms with E-state index >= 15 is 0 Å². The van der Waals surface area contributed by atoms with Gasteiger partial charge in [0.2, 0.25) is 5.91 Å². The summed E-state index contributed by atoms with van der Waals surface area (Å²) in [5, 5.41) is 5.46. The Bertz CT molecular complexity index is 641. The second kappa shape index (κ2) is 7.75. The van der Waals surface area contributed by atoms with Crippen molar-refractivity contribution in [3.63, 3.8) is 0 Å². The van der Waals surface area contributed by atoms with Crippen LogP contribution in [-0.2, 0) is 4.79 Å². The predicted molar refractivity (Wildman–Crippen MR) is 89.5 cm³/mol. The van der Waals surface area contributed by atoms with E-state index < -0.39 is 0 Å². The van der Waals surface area contributed by atoms with Crippen molar-refractivity contribution in [1.82, 2.24) is 10.6 Å². The van der Waals surface area contributed by atoms with Crippen molar-refractivity contribution in [3.8, 4) is 0 Å². The van der Waals surface area contributed by atoms with Crippen LogP contribution in [0, 0.1) is 0 Å². The number of hydrogen-bond donors (Lipinski definition) is 2. The van der Waals surface area contributed by atoms with Gasteiger partial charge in [-0.15, -0.1) is 0 Å². The average Bonchev–Trinajstić information content (AvgIpc) is 2.54. The van der Waals surface area contributed by atoms with Crippen molar-refractivity contribution in [1.29, 1.82) is 0 Å². The van der Waals surface area contributed by atoms with Gasteiger partial charge in [-0.05, 0) is 36.8 Å². The maximum atomic E-state index is 11.9. The quantitative estimate of drug-likeness (QED) is 0.860. The molecule has 0 spiro atoms. The molecule has 22 heavy (non-hydrogen) atoms. The smallest absolute Gasteiger partial charge is 0.251 e. The Labute approximate surface area is 138 Å². The molecular formula is C17H17BrN2O2. The first-order valence-corrected chi connectivity index (χ1v) is 7.73. The van der Waals surface area contributed by atoms with E-state index in [9.17, 15) is 9.59 Å². The number of rotatable bonds is 5. The first kappa shape index (κ1) is 16.2. The number of carbonyl (C=O) groups is 2. The number of carbonyl (C=O) groups excluding carboxylic acids is 2. The fraction of sp³-hybridized carbons (Fsp3) is 0.176. The van der Waals surface area contributed by atoms with Crippen molar-refractivity contribution in [2.24, 2.45) is 0 Å². The van der Waals surface area contributed by atoms with E-state index in [1.807, 2.05) is 37.3 Å². The molecule has 0 aliphatic rings. The molecule has 5 heteroatoms. The molecule has 0 saturated carbocycles. The van der Waals surface area contributed by atoms with Crippen LogP contribution in [0.4, 0.5) is 0 Å². The van der Waals surface area contributed by atoms with Crippen molar-refractivity contribution >= 4 is 27.7 Å². The van der Waals surface area contributed by atoms with Crippen LogP contribution in [0.1, 0.15) is 28.9 Å². The van der Waals surface area contributed by atoms with Gasteiger partial charge in [-0.25, -0.2) is 0 Å². The van der Waals surface area contributed by atoms with Crippen LogP contribution < -0.4 is 10.6 Å². The van der Waals surface area contributed by atoms with E-state index in [1.165, 1.54) is 0 Å². The molecule has 0 aromatic heterocycles. The molecule has 0 aliphatic heterocycles. The number of amides is 2. The predicted octanol–water partition coefficient (Wildman–Crippen LogP) is 3.06. The summed E-state index contributed by atoms with van der Waals surface area (Å²) in [6, 6.07) is 16.5. The Balaban J connectivity index is 1.82. The molecule has 4 nitrogen and oxygen atoms in total. The number of halogens is 1. The SMILES string of the molecule is C[C@@H](NC(=O)CNC(=O)c1ccc(Br)cc1)c1ccccc1. The molecule has 0 fully saturated rings. The Morgan fingerprint density at radius 1 is 1.05 bits per heavy atom. The molecule has 0 saturated heterocycles. The summed E-state index contributed by atoms with van der Waals surface area (Å²) >= 11 is 3.31. The Kier molecular flexibility index (Phi) is 5.72. The van der Waals surface area contributed by atoms with Crippen LogP contribution in [0.3, 0.4) is 0 Å². The highest BCUT2D eigenvalue weighted by Gasteiger charge is 2.11. The van der Waals surface area contributed by atoms with Crippen molar-refractivity contribution in [3.05, 3.63) is 70.2 Å². The van der Waals surface area contributed by atoms with Gasteiger partial charge in [0.1, 0.15) is 0 Å². The molecule has 0 radical (unpaired) electrons. The maximum absolute atomic E-state index is 11.9. The van der Waals surface area contributed by atoms with Crippen LogP contribution in [0.2, 0.25) is 0 Å². The molecule has 2 amide bonds. The second-order valence-corrected chi connectivity index (χ2v) is 5.81. The third-order valence-electron chi connectivity index (χ3n) is 3.19. The van der Waals surface area contributed by atoms with Crippen molar-refractivity contribution in [2.75, 3.05) is 6.54 Å². The van der Waals surface area contributed by atoms with Crippen LogP contribution in [0.15, 0.2) is 59.1 Å². The van der Waals surface area contributed by atoms with Crippen molar-refractivity contribution in [2.45, 2.75) is 13.0 Å². The van der Waals surface area contributed by atoms with Gasteiger partial charge < -0.3 is 10.6 Å². The van der Waals surface area contributed by atoms with Crippen LogP contribution in [-0.4, -0.2) is 18.4 Å². The van der Waals surface area contributed by atoms with E-state index in [-0.39, 0.29) is 24.4 Å². The maximum Gasteiger partial charge on any atom is 0.251 e. The van der Waals surface area contributed by atoms with E-state index in [0.29, 0.717) is 5.56 Å². The molecule has 2 rings (SSSR count). The zero-order chi connectivity index (χ0) is 15.9. The topological polar surface area (TPSA) is 58.2 Å². The summed E-state index contributed by atoms with van der Waals surface area (Å²) in [5.74, 6) is -0.489. The van der Waals surface area contributed by atoms with Gasteiger partial charge in [-0.3, -0.25) is 9.59 Å². The lowest BCUT2D eigenvalue weighted by molar-refractivity contribution is -0.120. The highest BCUT2D eigenvalue weighted by atomic mass is 79.9. The molecule has 1 atom stereocenters. The lowest BCUT2D eigenvalue weighted by atomic mass is 10.1. The zero-order valence-corrected chi connectivity index (χ0v) is 13.8. The summed E-state index contributed by atoms with van der Waals surface area (Å²) < 4.78 is 0.901. The Morgan fingerprint density at radius 3 is 2.32 bits per heavy atom. The lowest BCUT2D eigenvalue weighted by Gasteiger charge is -2.14. The molecule has 0 aliphatic carbocycles. The van der Waals surface area contributed by atoms with Gasteiger partial charge in [0, 0.05) is 10.0 Å². The highest BCUT2D eigenvalue weighted by Crippen LogP contribution is 2.11. The number of hydrogen-bond acceptors (Lipinski definition) is 2. The Hall–Kier alpha value is -2.14. The molecule has 114 valence electrons. The summed E-state index contributed by atoms with van der Waals surface area (Å²) in [5.41, 5.74) is 1.54. The van der Waals surface area contributed by atoms with Gasteiger partial charge in [-0.2, -0.15) is 0 Å². The van der Waals surface area contributed by atoms with Gasteiger partial charge in [-0.1, -0.05) is 46.3 Å². The normalized spacial score (nSPS) is 11.5. The summed E-state index contributed by atoms with van der Waals surface area (Å²) in [6.45, 7) is 1.86. The summed E-state index contributed by atoms with van der Waals surface area (Å²) in [4.78, 5) is 23.8. The molecule has 0 heterocycles. The van der Waals surface area contributed by atoms with Gasteiger partial charge in [0.05, 0.1) is 12.6 Å². The first-order chi connectivity index (χ1) is 10.6. The fourth-order valence-electron chi connectivity index (χ4n) is 1.98. The zero-order valence-electron chi connectivity index (χ0n) is 12.2.